The molecule has 0 aliphatic carbocycles. The Hall–Kier alpha value is -2.07. The third kappa shape index (κ3) is 3.84. The molecule has 0 radical (unpaired) electrons. The Kier molecular flexibility index (Phi) is 6.04. The van der Waals surface area contributed by atoms with Gasteiger partial charge in [0, 0.05) is 30.9 Å². The van der Waals surface area contributed by atoms with Gasteiger partial charge in [0.1, 0.15) is 11.3 Å². The summed E-state index contributed by atoms with van der Waals surface area (Å²) >= 11 is 2.24. The number of ether oxygens (including phenoxy) is 2. The first-order chi connectivity index (χ1) is 14.8. The van der Waals surface area contributed by atoms with Gasteiger partial charge in [-0.2, -0.15) is 0 Å². The van der Waals surface area contributed by atoms with E-state index in [2.05, 4.69) is 47.5 Å². The lowest BCUT2D eigenvalue weighted by atomic mass is 9.94. The van der Waals surface area contributed by atoms with Crippen LogP contribution in [0.25, 0.3) is 11.3 Å². The second-order valence-corrected chi connectivity index (χ2v) is 9.67. The molecular formula is C23H27IN2O5. The van der Waals surface area contributed by atoms with Gasteiger partial charge in [-0.05, 0) is 73.9 Å². The molecule has 7 nitrogen and oxygen atoms in total. The number of aliphatic hydroxyl groups excluding tert-OH is 1. The molecule has 31 heavy (non-hydrogen) atoms. The summed E-state index contributed by atoms with van der Waals surface area (Å²) in [5.41, 5.74) is 2.41. The van der Waals surface area contributed by atoms with Gasteiger partial charge in [0.05, 0.1) is 34.1 Å². The zero-order valence-electron chi connectivity index (χ0n) is 18.0. The van der Waals surface area contributed by atoms with Crippen LogP contribution >= 0.6 is 22.6 Å². The van der Waals surface area contributed by atoms with Crippen molar-refractivity contribution in [3.8, 4) is 17.0 Å². The first-order valence-electron chi connectivity index (χ1n) is 10.6. The molecule has 1 saturated heterocycles. The number of hydrogen-bond donors (Lipinski definition) is 1. The van der Waals surface area contributed by atoms with Crippen LogP contribution in [0.5, 0.6) is 5.75 Å². The first kappa shape index (κ1) is 22.1. The predicted octanol–water partition coefficient (Wildman–Crippen LogP) is 3.62. The van der Waals surface area contributed by atoms with Gasteiger partial charge in [-0.1, -0.05) is 0 Å². The van der Waals surface area contributed by atoms with E-state index in [-0.39, 0.29) is 35.8 Å². The minimum Gasteiger partial charge on any atom is -0.492 e. The number of carbonyl (C=O) groups excluding carboxylic acids is 1. The molecule has 2 aliphatic heterocycles. The van der Waals surface area contributed by atoms with Crippen LogP contribution in [0.4, 0.5) is 0 Å². The molecule has 0 saturated carbocycles. The smallest absolute Gasteiger partial charge is 0.343 e. The van der Waals surface area contributed by atoms with Crippen LogP contribution in [0, 0.1) is 3.57 Å². The van der Waals surface area contributed by atoms with Gasteiger partial charge in [0.15, 0.2) is 5.43 Å². The average Bonchev–Trinajstić information content (AvgIpc) is 3.04. The van der Waals surface area contributed by atoms with Crippen molar-refractivity contribution in [2.24, 2.45) is 0 Å². The summed E-state index contributed by atoms with van der Waals surface area (Å²) in [6.45, 7) is 6.84. The number of benzene rings is 1. The Morgan fingerprint density at radius 2 is 2.10 bits per heavy atom. The molecule has 1 N–H and O–H groups in total. The second-order valence-electron chi connectivity index (χ2n) is 8.51. The van der Waals surface area contributed by atoms with Crippen LogP contribution in [-0.4, -0.2) is 41.1 Å². The van der Waals surface area contributed by atoms with E-state index in [1.807, 2.05) is 10.7 Å². The zero-order valence-corrected chi connectivity index (χ0v) is 20.1. The van der Waals surface area contributed by atoms with Crippen LogP contribution in [0.2, 0.25) is 0 Å². The molecule has 4 rings (SSSR count). The van der Waals surface area contributed by atoms with Crippen LogP contribution in [0.1, 0.15) is 62.0 Å². The molecule has 1 aromatic heterocycles. The summed E-state index contributed by atoms with van der Waals surface area (Å²) in [6.07, 6.45) is 4.14. The lowest BCUT2D eigenvalue weighted by Gasteiger charge is -2.44. The zero-order chi connectivity index (χ0) is 22.3. The van der Waals surface area contributed by atoms with Crippen molar-refractivity contribution in [2.45, 2.75) is 51.6 Å². The number of pyridine rings is 1. The van der Waals surface area contributed by atoms with Crippen LogP contribution < -0.4 is 15.2 Å². The fourth-order valence-corrected chi connectivity index (χ4v) is 5.19. The van der Waals surface area contributed by atoms with Crippen LogP contribution in [0.15, 0.2) is 29.2 Å². The number of aliphatic hydroxyl groups is 1. The fraction of sp³-hybridized carbons (Fsp3) is 0.478. The minimum atomic E-state index is -0.593. The van der Waals surface area contributed by atoms with Crippen LogP contribution in [0.3, 0.4) is 0 Å². The quantitative estimate of drug-likeness (QED) is 0.344. The van der Waals surface area contributed by atoms with Gasteiger partial charge in [0.25, 0.3) is 0 Å². The molecular weight excluding hydrogens is 511 g/mol. The number of rotatable bonds is 6. The maximum Gasteiger partial charge on any atom is 0.343 e. The molecule has 3 heterocycles. The molecule has 166 valence electrons. The molecule has 1 unspecified atom stereocenters. The van der Waals surface area contributed by atoms with E-state index in [1.165, 1.54) is 6.07 Å². The molecule has 1 fully saturated rings. The number of aromatic nitrogens is 1. The predicted molar refractivity (Wildman–Crippen MR) is 126 cm³/mol. The van der Waals surface area contributed by atoms with Gasteiger partial charge >= 0.3 is 5.97 Å². The first-order valence-corrected chi connectivity index (χ1v) is 11.7. The third-order valence-electron chi connectivity index (χ3n) is 6.00. The van der Waals surface area contributed by atoms with E-state index in [9.17, 15) is 9.59 Å². The number of hydrogen-bond acceptors (Lipinski definition) is 6. The van der Waals surface area contributed by atoms with Gasteiger partial charge in [-0.25, -0.2) is 4.79 Å². The Labute approximate surface area is 195 Å². The topological polar surface area (TPSA) is 81.0 Å². The van der Waals surface area contributed by atoms with Crippen molar-refractivity contribution in [2.75, 3.05) is 24.8 Å². The molecule has 1 atom stereocenters. The summed E-state index contributed by atoms with van der Waals surface area (Å²) in [7, 11) is 0. The molecule has 0 amide bonds. The van der Waals surface area contributed by atoms with Crippen molar-refractivity contribution in [3.63, 3.8) is 0 Å². The second kappa shape index (κ2) is 8.46. The standard InChI is InChI=1S/C23H27IN2O5/c1-4-30-22(29)16-13-25-19(12-20(16)28)14-10-17(24)21(31-9-5-8-27)11-15(14)18-6-7-23(2,3)26(18)25/h10-13,18,27H,4-9H2,1-3H3. The number of nitrogens with zero attached hydrogens (tertiary/aromatic N) is 2. The monoisotopic (exact) mass is 538 g/mol. The highest BCUT2D eigenvalue weighted by atomic mass is 127. The lowest BCUT2D eigenvalue weighted by Crippen LogP contribution is -2.50. The molecule has 0 bridgehead atoms. The fourth-order valence-electron chi connectivity index (χ4n) is 4.57. The highest BCUT2D eigenvalue weighted by molar-refractivity contribution is 14.1. The highest BCUT2D eigenvalue weighted by Crippen LogP contribution is 2.49. The summed E-state index contributed by atoms with van der Waals surface area (Å²) in [5, 5.41) is 11.3. The molecule has 8 heteroatoms. The summed E-state index contributed by atoms with van der Waals surface area (Å²) in [4.78, 5) is 25.2. The largest absolute Gasteiger partial charge is 0.492 e. The highest BCUT2D eigenvalue weighted by Gasteiger charge is 2.45. The molecule has 1 aromatic carbocycles. The maximum absolute atomic E-state index is 12.8. The van der Waals surface area contributed by atoms with Gasteiger partial charge in [-0.15, -0.1) is 0 Å². The Bertz CT molecular complexity index is 1080. The molecule has 2 aliphatic rings. The molecule has 2 aromatic rings. The van der Waals surface area contributed by atoms with Gasteiger partial charge in [-0.3, -0.25) is 14.5 Å². The van der Waals surface area contributed by atoms with Gasteiger partial charge in [0.2, 0.25) is 0 Å². The summed E-state index contributed by atoms with van der Waals surface area (Å²) in [5.74, 6) is 0.195. The van der Waals surface area contributed by atoms with E-state index >= 15 is 0 Å². The maximum atomic E-state index is 12.8. The van der Waals surface area contributed by atoms with Crippen molar-refractivity contribution >= 4 is 28.6 Å². The molecule has 0 spiro atoms. The number of halogens is 1. The minimum absolute atomic E-state index is 0.0501. The number of fused-ring (bicyclic) bond motifs is 6. The lowest BCUT2D eigenvalue weighted by molar-refractivity contribution is 0.0523. The Morgan fingerprint density at radius 3 is 2.81 bits per heavy atom. The van der Waals surface area contributed by atoms with Crippen molar-refractivity contribution in [1.29, 1.82) is 0 Å². The Morgan fingerprint density at radius 1 is 1.32 bits per heavy atom. The number of carbonyl (C=O) groups is 1. The van der Waals surface area contributed by atoms with E-state index in [0.717, 1.165) is 39.0 Å². The SMILES string of the molecule is CCOC(=O)c1cn2c(cc1=O)-c1cc(I)c(OCCCO)cc1C1CCC(C)(C)N12. The summed E-state index contributed by atoms with van der Waals surface area (Å²) in [6, 6.07) is 5.76. The Balaban J connectivity index is 1.89. The van der Waals surface area contributed by atoms with E-state index in [1.54, 1.807) is 13.1 Å². The van der Waals surface area contributed by atoms with Gasteiger partial charge < -0.3 is 14.6 Å². The average molecular weight is 538 g/mol. The van der Waals surface area contributed by atoms with E-state index in [4.69, 9.17) is 14.6 Å². The van der Waals surface area contributed by atoms with Crippen LogP contribution in [-0.2, 0) is 4.74 Å². The normalized spacial score (nSPS) is 18.2. The van der Waals surface area contributed by atoms with E-state index in [0.29, 0.717) is 13.0 Å². The number of esters is 1. The third-order valence-corrected chi connectivity index (χ3v) is 6.85. The van der Waals surface area contributed by atoms with E-state index < -0.39 is 5.97 Å². The summed E-state index contributed by atoms with van der Waals surface area (Å²) < 4.78 is 13.9. The van der Waals surface area contributed by atoms with Crippen molar-refractivity contribution < 1.29 is 19.4 Å². The van der Waals surface area contributed by atoms with Crippen molar-refractivity contribution in [3.05, 3.63) is 49.3 Å². The van der Waals surface area contributed by atoms with Crippen molar-refractivity contribution in [1.82, 2.24) is 4.68 Å².